The number of anilines is 1. The van der Waals surface area contributed by atoms with E-state index in [1.807, 2.05) is 18.2 Å². The number of pyridine rings is 1. The van der Waals surface area contributed by atoms with Crippen LogP contribution in [0.1, 0.15) is 10.4 Å². The van der Waals surface area contributed by atoms with E-state index in [-0.39, 0.29) is 12.2 Å². The van der Waals surface area contributed by atoms with Gasteiger partial charge in [-0.1, -0.05) is 18.2 Å². The Labute approximate surface area is 97.7 Å². The van der Waals surface area contributed by atoms with E-state index in [0.29, 0.717) is 12.2 Å². The molecule has 0 aliphatic rings. The molecule has 5 nitrogen and oxygen atoms in total. The molecule has 1 heterocycles. The largest absolute Gasteiger partial charge is 0.478 e. The number of rotatable bonds is 4. The number of fused-ring (bicyclic) bond motifs is 1. The average molecular weight is 232 g/mol. The number of aliphatic hydroxyl groups is 1. The van der Waals surface area contributed by atoms with Crippen molar-refractivity contribution in [1.82, 2.24) is 4.98 Å². The van der Waals surface area contributed by atoms with E-state index in [1.165, 1.54) is 6.20 Å². The molecule has 17 heavy (non-hydrogen) atoms. The Morgan fingerprint density at radius 3 is 2.82 bits per heavy atom. The number of nitrogens with zero attached hydrogens (tertiary/aromatic N) is 1. The summed E-state index contributed by atoms with van der Waals surface area (Å²) in [6.07, 6.45) is 1.32. The lowest BCUT2D eigenvalue weighted by Gasteiger charge is -2.11. The second-order valence-electron chi connectivity index (χ2n) is 3.52. The topological polar surface area (TPSA) is 82.5 Å². The Hall–Kier alpha value is -2.14. The van der Waals surface area contributed by atoms with Gasteiger partial charge < -0.3 is 15.5 Å². The molecular formula is C12H12N2O3. The number of nitrogens with one attached hydrogen (secondary N) is 1. The second kappa shape index (κ2) is 4.80. The van der Waals surface area contributed by atoms with Gasteiger partial charge >= 0.3 is 5.97 Å². The van der Waals surface area contributed by atoms with Crippen LogP contribution in [0.25, 0.3) is 10.9 Å². The zero-order valence-corrected chi connectivity index (χ0v) is 9.05. The van der Waals surface area contributed by atoms with E-state index in [4.69, 9.17) is 10.2 Å². The van der Waals surface area contributed by atoms with Crippen LogP contribution in [0, 0.1) is 0 Å². The first-order valence-corrected chi connectivity index (χ1v) is 5.20. The predicted octanol–water partition coefficient (Wildman–Crippen LogP) is 1.34. The SMILES string of the molecule is O=C(O)c1cnc2ccccc2c1NCCO. The van der Waals surface area contributed by atoms with Gasteiger partial charge in [0, 0.05) is 18.1 Å². The number of para-hydroxylation sites is 1. The summed E-state index contributed by atoms with van der Waals surface area (Å²) in [7, 11) is 0. The Kier molecular flexibility index (Phi) is 3.20. The molecule has 0 saturated carbocycles. The molecule has 5 heteroatoms. The summed E-state index contributed by atoms with van der Waals surface area (Å²) >= 11 is 0. The monoisotopic (exact) mass is 232 g/mol. The van der Waals surface area contributed by atoms with Gasteiger partial charge in [0.15, 0.2) is 0 Å². The van der Waals surface area contributed by atoms with E-state index in [1.54, 1.807) is 6.07 Å². The zero-order chi connectivity index (χ0) is 12.3. The molecular weight excluding hydrogens is 220 g/mol. The first-order valence-electron chi connectivity index (χ1n) is 5.20. The molecule has 0 atom stereocenters. The van der Waals surface area contributed by atoms with Crippen molar-refractivity contribution in [2.24, 2.45) is 0 Å². The number of benzene rings is 1. The quantitative estimate of drug-likeness (QED) is 0.741. The molecule has 0 fully saturated rings. The van der Waals surface area contributed by atoms with Crippen LogP contribution in [0.3, 0.4) is 0 Å². The van der Waals surface area contributed by atoms with Gasteiger partial charge in [-0.05, 0) is 6.07 Å². The molecule has 0 bridgehead atoms. The molecule has 2 rings (SSSR count). The van der Waals surface area contributed by atoms with Gasteiger partial charge in [0.05, 0.1) is 17.8 Å². The maximum absolute atomic E-state index is 11.1. The van der Waals surface area contributed by atoms with Crippen molar-refractivity contribution in [2.45, 2.75) is 0 Å². The van der Waals surface area contributed by atoms with Gasteiger partial charge in [-0.3, -0.25) is 4.98 Å². The molecule has 0 aliphatic heterocycles. The highest BCUT2D eigenvalue weighted by Gasteiger charge is 2.13. The summed E-state index contributed by atoms with van der Waals surface area (Å²) < 4.78 is 0. The minimum atomic E-state index is -1.04. The molecule has 0 amide bonds. The van der Waals surface area contributed by atoms with Gasteiger partial charge in [-0.15, -0.1) is 0 Å². The zero-order valence-electron chi connectivity index (χ0n) is 9.05. The lowest BCUT2D eigenvalue weighted by Crippen LogP contribution is -2.11. The molecule has 0 spiro atoms. The number of hydrogen-bond donors (Lipinski definition) is 3. The summed E-state index contributed by atoms with van der Waals surface area (Å²) in [5, 5.41) is 21.5. The standard InChI is InChI=1S/C12H12N2O3/c15-6-5-13-11-8-3-1-2-4-10(8)14-7-9(11)12(16)17/h1-4,7,15H,5-6H2,(H,13,14)(H,16,17). The van der Waals surface area contributed by atoms with Crippen LogP contribution in [-0.2, 0) is 0 Å². The third kappa shape index (κ3) is 2.19. The molecule has 1 aromatic heterocycles. The second-order valence-corrected chi connectivity index (χ2v) is 3.52. The normalized spacial score (nSPS) is 10.4. The van der Waals surface area contributed by atoms with Gasteiger partial charge in [-0.25, -0.2) is 4.79 Å². The number of carbonyl (C=O) groups is 1. The summed E-state index contributed by atoms with van der Waals surface area (Å²) in [5.41, 5.74) is 1.33. The highest BCUT2D eigenvalue weighted by molar-refractivity contribution is 6.04. The Morgan fingerprint density at radius 2 is 2.12 bits per heavy atom. The number of aromatic nitrogens is 1. The number of hydrogen-bond acceptors (Lipinski definition) is 4. The highest BCUT2D eigenvalue weighted by atomic mass is 16.4. The predicted molar refractivity (Wildman–Crippen MR) is 64.3 cm³/mol. The van der Waals surface area contributed by atoms with Crippen molar-refractivity contribution in [2.75, 3.05) is 18.5 Å². The van der Waals surface area contributed by atoms with Gasteiger partial charge in [0.1, 0.15) is 5.56 Å². The fraction of sp³-hybridized carbons (Fsp3) is 0.167. The number of aromatic carboxylic acids is 1. The summed E-state index contributed by atoms with van der Waals surface area (Å²) in [6.45, 7) is 0.240. The van der Waals surface area contributed by atoms with Gasteiger partial charge in [-0.2, -0.15) is 0 Å². The maximum Gasteiger partial charge on any atom is 0.339 e. The first-order chi connectivity index (χ1) is 8.24. The third-order valence-electron chi connectivity index (χ3n) is 2.42. The minimum Gasteiger partial charge on any atom is -0.478 e. The van der Waals surface area contributed by atoms with E-state index in [2.05, 4.69) is 10.3 Å². The van der Waals surface area contributed by atoms with Crippen molar-refractivity contribution in [1.29, 1.82) is 0 Å². The molecule has 3 N–H and O–H groups in total. The minimum absolute atomic E-state index is 0.0598. The van der Waals surface area contributed by atoms with Crippen molar-refractivity contribution in [3.8, 4) is 0 Å². The summed E-state index contributed by atoms with van der Waals surface area (Å²) in [6, 6.07) is 7.27. The summed E-state index contributed by atoms with van der Waals surface area (Å²) in [5.74, 6) is -1.04. The molecule has 0 aliphatic carbocycles. The molecule has 88 valence electrons. The number of carboxylic acids is 1. The molecule has 1 aromatic carbocycles. The summed E-state index contributed by atoms with van der Waals surface area (Å²) in [4.78, 5) is 15.2. The van der Waals surface area contributed by atoms with Crippen LogP contribution in [0.4, 0.5) is 5.69 Å². The van der Waals surface area contributed by atoms with E-state index in [9.17, 15) is 4.79 Å². The van der Waals surface area contributed by atoms with E-state index in [0.717, 1.165) is 10.9 Å². The average Bonchev–Trinajstić information content (AvgIpc) is 2.35. The first kappa shape index (κ1) is 11.3. The lowest BCUT2D eigenvalue weighted by atomic mass is 10.1. The van der Waals surface area contributed by atoms with E-state index >= 15 is 0 Å². The fourth-order valence-corrected chi connectivity index (χ4v) is 1.67. The van der Waals surface area contributed by atoms with Gasteiger partial charge in [0.2, 0.25) is 0 Å². The Morgan fingerprint density at radius 1 is 1.35 bits per heavy atom. The Balaban J connectivity index is 2.61. The lowest BCUT2D eigenvalue weighted by molar-refractivity contribution is 0.0697. The van der Waals surface area contributed by atoms with E-state index < -0.39 is 5.97 Å². The molecule has 2 aromatic rings. The van der Waals surface area contributed by atoms with Crippen LogP contribution in [-0.4, -0.2) is 34.3 Å². The smallest absolute Gasteiger partial charge is 0.339 e. The molecule has 0 unspecified atom stereocenters. The van der Waals surface area contributed by atoms with Crippen LogP contribution in [0.2, 0.25) is 0 Å². The molecule has 0 radical (unpaired) electrons. The third-order valence-corrected chi connectivity index (χ3v) is 2.42. The van der Waals surface area contributed by atoms with Crippen molar-refractivity contribution >= 4 is 22.6 Å². The van der Waals surface area contributed by atoms with Crippen LogP contribution in [0.15, 0.2) is 30.5 Å². The van der Waals surface area contributed by atoms with Crippen LogP contribution < -0.4 is 5.32 Å². The number of aliphatic hydroxyl groups excluding tert-OH is 1. The van der Waals surface area contributed by atoms with Crippen LogP contribution >= 0.6 is 0 Å². The van der Waals surface area contributed by atoms with Crippen molar-refractivity contribution in [3.63, 3.8) is 0 Å². The van der Waals surface area contributed by atoms with Crippen molar-refractivity contribution < 1.29 is 15.0 Å². The van der Waals surface area contributed by atoms with Crippen LogP contribution in [0.5, 0.6) is 0 Å². The Bertz CT molecular complexity index is 554. The molecule has 0 saturated heterocycles. The van der Waals surface area contributed by atoms with Gasteiger partial charge in [0.25, 0.3) is 0 Å². The maximum atomic E-state index is 11.1. The fourth-order valence-electron chi connectivity index (χ4n) is 1.67. The highest BCUT2D eigenvalue weighted by Crippen LogP contribution is 2.25. The number of carboxylic acid groups (broad SMARTS) is 1. The van der Waals surface area contributed by atoms with Crippen molar-refractivity contribution in [3.05, 3.63) is 36.0 Å².